The number of aldehydes is 1. The van der Waals surface area contributed by atoms with Crippen molar-refractivity contribution in [3.8, 4) is 11.1 Å². The SMILES string of the molecule is COC(=O)c1ccc(N2CCC(O)(CN3CCN(c4ccc(-c5cnc6[nH]cc(C(=O)c7c(F)ccc(NS(=O)(=O)N8CC[C@@H](F)C8)c7F)c6c5)cc4)CC3)CC2)cc1C=O. The Hall–Kier alpha value is -5.82. The number of hydrogen-bond donors (Lipinski definition) is 3. The first kappa shape index (κ1) is 41.9. The number of halogens is 3. The molecule has 0 unspecified atom stereocenters. The minimum atomic E-state index is -4.36. The van der Waals surface area contributed by atoms with Crippen LogP contribution in [0.5, 0.6) is 0 Å². The van der Waals surface area contributed by atoms with E-state index >= 15 is 8.78 Å². The molecule has 14 nitrogen and oxygen atoms in total. The number of alkyl halides is 1. The van der Waals surface area contributed by atoms with Crippen molar-refractivity contribution in [3.05, 3.63) is 107 Å². The molecule has 5 aromatic rings. The summed E-state index contributed by atoms with van der Waals surface area (Å²) in [5.74, 6) is -4.16. The lowest BCUT2D eigenvalue weighted by Gasteiger charge is -2.44. The zero-order valence-electron chi connectivity index (χ0n) is 33.2. The van der Waals surface area contributed by atoms with Crippen molar-refractivity contribution in [1.82, 2.24) is 19.2 Å². The predicted octanol–water partition coefficient (Wildman–Crippen LogP) is 5.19. The summed E-state index contributed by atoms with van der Waals surface area (Å²) in [4.78, 5) is 51.3. The molecule has 0 radical (unpaired) electrons. The van der Waals surface area contributed by atoms with Crippen LogP contribution < -0.4 is 14.5 Å². The number of β-amino-alcohol motifs (C(OH)–C–C–N with tert-alkyl or cyclic N) is 1. The van der Waals surface area contributed by atoms with E-state index in [0.717, 1.165) is 59.6 Å². The molecule has 3 aromatic carbocycles. The number of benzene rings is 3. The summed E-state index contributed by atoms with van der Waals surface area (Å²) in [5, 5.41) is 11.9. The van der Waals surface area contributed by atoms with Gasteiger partial charge in [-0.1, -0.05) is 12.1 Å². The van der Waals surface area contributed by atoms with E-state index < -0.39 is 63.2 Å². The first-order chi connectivity index (χ1) is 29.3. The third kappa shape index (κ3) is 8.57. The largest absolute Gasteiger partial charge is 0.465 e. The molecule has 3 N–H and O–H groups in total. The molecule has 1 atom stereocenters. The van der Waals surface area contributed by atoms with Crippen LogP contribution in [-0.4, -0.2) is 129 Å². The molecule has 3 aliphatic heterocycles. The zero-order valence-corrected chi connectivity index (χ0v) is 34.1. The number of piperidine rings is 1. The maximum Gasteiger partial charge on any atom is 0.338 e. The molecular formula is C43H44F3N7O7S. The normalized spacial score (nSPS) is 18.7. The summed E-state index contributed by atoms with van der Waals surface area (Å²) in [6.45, 7) is 4.25. The van der Waals surface area contributed by atoms with Gasteiger partial charge < -0.3 is 24.6 Å². The quantitative estimate of drug-likeness (QED) is 0.0858. The predicted molar refractivity (Wildman–Crippen MR) is 223 cm³/mol. The Morgan fingerprint density at radius 2 is 1.64 bits per heavy atom. The van der Waals surface area contributed by atoms with Crippen LogP contribution in [0.2, 0.25) is 0 Å². The highest BCUT2D eigenvalue weighted by Crippen LogP contribution is 2.33. The second kappa shape index (κ2) is 16.9. The van der Waals surface area contributed by atoms with Crippen LogP contribution >= 0.6 is 0 Å². The Bertz CT molecular complexity index is 2590. The lowest BCUT2D eigenvalue weighted by atomic mass is 9.90. The molecule has 8 rings (SSSR count). The molecule has 0 saturated carbocycles. The number of H-pyrrole nitrogens is 1. The van der Waals surface area contributed by atoms with E-state index in [1.54, 1.807) is 30.5 Å². The highest BCUT2D eigenvalue weighted by Gasteiger charge is 2.36. The van der Waals surface area contributed by atoms with Crippen molar-refractivity contribution in [1.29, 1.82) is 0 Å². The minimum absolute atomic E-state index is 0.00240. The van der Waals surface area contributed by atoms with E-state index in [1.165, 1.54) is 13.3 Å². The fourth-order valence-corrected chi connectivity index (χ4v) is 9.63. The van der Waals surface area contributed by atoms with Crippen LogP contribution in [0.3, 0.4) is 0 Å². The van der Waals surface area contributed by atoms with Gasteiger partial charge in [0.05, 0.1) is 29.5 Å². The maximum absolute atomic E-state index is 15.7. The number of pyridine rings is 1. The Balaban J connectivity index is 0.889. The Morgan fingerprint density at radius 1 is 0.934 bits per heavy atom. The lowest BCUT2D eigenvalue weighted by Crippen LogP contribution is -2.55. The summed E-state index contributed by atoms with van der Waals surface area (Å²) in [7, 11) is -3.09. The topological polar surface area (TPSA) is 168 Å². The van der Waals surface area contributed by atoms with Crippen LogP contribution in [0.15, 0.2) is 73.1 Å². The number of anilines is 3. The van der Waals surface area contributed by atoms with E-state index in [9.17, 15) is 32.3 Å². The van der Waals surface area contributed by atoms with Gasteiger partial charge in [-0.25, -0.2) is 22.9 Å². The summed E-state index contributed by atoms with van der Waals surface area (Å²) in [6.07, 6.45) is 3.31. The van der Waals surface area contributed by atoms with Crippen LogP contribution in [-0.2, 0) is 14.9 Å². The van der Waals surface area contributed by atoms with E-state index in [0.29, 0.717) is 55.4 Å². The molecule has 0 aliphatic carbocycles. The van der Waals surface area contributed by atoms with Crippen molar-refractivity contribution in [2.24, 2.45) is 0 Å². The molecule has 320 valence electrons. The number of methoxy groups -OCH3 is 1. The van der Waals surface area contributed by atoms with E-state index in [4.69, 9.17) is 4.74 Å². The summed E-state index contributed by atoms with van der Waals surface area (Å²) < 4.78 is 77.7. The highest BCUT2D eigenvalue weighted by molar-refractivity contribution is 7.90. The summed E-state index contributed by atoms with van der Waals surface area (Å²) in [5.41, 5.74) is 1.54. The van der Waals surface area contributed by atoms with E-state index in [2.05, 4.69) is 24.7 Å². The van der Waals surface area contributed by atoms with Gasteiger partial charge in [-0.15, -0.1) is 0 Å². The number of carbonyl (C=O) groups is 3. The number of esters is 1. The van der Waals surface area contributed by atoms with Crippen LogP contribution in [0.4, 0.5) is 30.2 Å². The summed E-state index contributed by atoms with van der Waals surface area (Å²) in [6, 6.07) is 16.3. The fourth-order valence-electron chi connectivity index (χ4n) is 8.36. The minimum Gasteiger partial charge on any atom is -0.465 e. The van der Waals surface area contributed by atoms with Crippen molar-refractivity contribution in [3.63, 3.8) is 0 Å². The number of aliphatic hydroxyl groups is 1. The smallest absolute Gasteiger partial charge is 0.338 e. The Labute approximate surface area is 350 Å². The third-order valence-corrected chi connectivity index (χ3v) is 13.3. The number of aromatic amines is 1. The Morgan fingerprint density at radius 3 is 2.31 bits per heavy atom. The first-order valence-corrected chi connectivity index (χ1v) is 21.3. The zero-order chi connectivity index (χ0) is 43.1. The molecule has 0 spiro atoms. The second-order valence-corrected chi connectivity index (χ2v) is 17.4. The number of rotatable bonds is 12. The highest BCUT2D eigenvalue weighted by atomic mass is 32.2. The van der Waals surface area contributed by atoms with Gasteiger partial charge in [0.2, 0.25) is 5.78 Å². The number of nitrogens with one attached hydrogen (secondary N) is 2. The number of hydrogen-bond acceptors (Lipinski definition) is 11. The third-order valence-electron chi connectivity index (χ3n) is 11.8. The van der Waals surface area contributed by atoms with Gasteiger partial charge in [-0.2, -0.15) is 12.7 Å². The van der Waals surface area contributed by atoms with Gasteiger partial charge in [0, 0.05) is 105 Å². The molecule has 5 heterocycles. The summed E-state index contributed by atoms with van der Waals surface area (Å²) >= 11 is 0. The average Bonchev–Trinajstić information content (AvgIpc) is 3.91. The molecule has 0 amide bonds. The van der Waals surface area contributed by atoms with Crippen molar-refractivity contribution in [2.45, 2.75) is 31.0 Å². The maximum atomic E-state index is 15.7. The van der Waals surface area contributed by atoms with Gasteiger partial charge in [0.15, 0.2) is 12.1 Å². The number of nitrogens with zero attached hydrogens (tertiary/aromatic N) is 5. The number of fused-ring (bicyclic) bond motifs is 1. The van der Waals surface area contributed by atoms with Crippen molar-refractivity contribution < 1.29 is 45.8 Å². The number of carbonyl (C=O) groups excluding carboxylic acids is 3. The molecule has 3 aliphatic rings. The Kier molecular flexibility index (Phi) is 11.6. The molecule has 3 saturated heterocycles. The number of ketones is 1. The van der Waals surface area contributed by atoms with Crippen LogP contribution in [0, 0.1) is 11.6 Å². The molecule has 61 heavy (non-hydrogen) atoms. The molecule has 0 bridgehead atoms. The van der Waals surface area contributed by atoms with E-state index in [1.807, 2.05) is 29.0 Å². The molecular weight excluding hydrogens is 816 g/mol. The van der Waals surface area contributed by atoms with Gasteiger partial charge in [0.25, 0.3) is 0 Å². The molecule has 18 heteroatoms. The van der Waals surface area contributed by atoms with Crippen LogP contribution in [0.1, 0.15) is 55.9 Å². The number of aromatic nitrogens is 2. The molecule has 2 aromatic heterocycles. The lowest BCUT2D eigenvalue weighted by molar-refractivity contribution is -0.0173. The number of ether oxygens (including phenoxy) is 1. The van der Waals surface area contributed by atoms with E-state index in [-0.39, 0.29) is 29.7 Å². The van der Waals surface area contributed by atoms with Gasteiger partial charge >= 0.3 is 16.2 Å². The van der Waals surface area contributed by atoms with Gasteiger partial charge in [-0.05, 0) is 73.4 Å². The molecule has 3 fully saturated rings. The second-order valence-electron chi connectivity index (χ2n) is 15.7. The fraction of sp³-hybridized carbons (Fsp3) is 0.349. The van der Waals surface area contributed by atoms with Gasteiger partial charge in [0.1, 0.15) is 17.6 Å². The van der Waals surface area contributed by atoms with Crippen molar-refractivity contribution in [2.75, 3.05) is 80.5 Å². The standard InChI is InChI=1S/C43H44F3N7O7S/c1-60-42(56)33-7-6-32(20-29(33)25-54)51-14-11-43(57,12-15-51)26-50-16-18-52(19-17-50)31-4-2-27(3-5-31)28-21-34-35(23-48-41(34)47-22-28)40(55)38-36(45)8-9-37(39(38)46)49-61(58,59)53-13-10-30(44)24-53/h2-9,20-23,25,30,49,57H,10-19,24,26H2,1H3,(H,47,48)/t30-/m1/s1. The van der Waals surface area contributed by atoms with Gasteiger partial charge in [-0.3, -0.25) is 19.2 Å². The monoisotopic (exact) mass is 859 g/mol. The van der Waals surface area contributed by atoms with Crippen LogP contribution in [0.25, 0.3) is 22.2 Å². The van der Waals surface area contributed by atoms with Crippen molar-refractivity contribution >= 4 is 56.3 Å². The average molecular weight is 860 g/mol. The number of piperazine rings is 1. The first-order valence-electron chi connectivity index (χ1n) is 19.9.